The fourth-order valence-corrected chi connectivity index (χ4v) is 1.75. The molecule has 15 heavy (non-hydrogen) atoms. The number of morpholine rings is 1. The number of benzene rings is 1. The van der Waals surface area contributed by atoms with Crippen LogP contribution in [0.4, 0.5) is 0 Å². The smallest absolute Gasteiger partial charge is 0.225 e. The molecule has 0 radical (unpaired) electrons. The number of rotatable bonds is 1. The fourth-order valence-electron chi connectivity index (χ4n) is 1.75. The summed E-state index contributed by atoms with van der Waals surface area (Å²) in [6.45, 7) is 2.38. The lowest BCUT2D eigenvalue weighted by Gasteiger charge is -2.20. The molecule has 1 aliphatic heterocycles. The number of para-hydroxylation sites is 2. The van der Waals surface area contributed by atoms with E-state index in [2.05, 4.69) is 10.3 Å². The normalized spacial score (nSPS) is 22.0. The van der Waals surface area contributed by atoms with Gasteiger partial charge in [0.1, 0.15) is 11.6 Å². The van der Waals surface area contributed by atoms with Gasteiger partial charge in [-0.3, -0.25) is 0 Å². The summed E-state index contributed by atoms with van der Waals surface area (Å²) < 4.78 is 11.2. The minimum Gasteiger partial charge on any atom is -0.438 e. The third-order valence-electron chi connectivity index (χ3n) is 2.51. The molecule has 1 saturated heterocycles. The van der Waals surface area contributed by atoms with Gasteiger partial charge < -0.3 is 14.5 Å². The van der Waals surface area contributed by atoms with Crippen LogP contribution >= 0.6 is 0 Å². The van der Waals surface area contributed by atoms with Gasteiger partial charge in [0.15, 0.2) is 5.58 Å². The summed E-state index contributed by atoms with van der Waals surface area (Å²) in [6, 6.07) is 7.76. The van der Waals surface area contributed by atoms with E-state index in [0.717, 1.165) is 24.2 Å². The zero-order valence-corrected chi connectivity index (χ0v) is 8.27. The highest BCUT2D eigenvalue weighted by Crippen LogP contribution is 2.22. The third-order valence-corrected chi connectivity index (χ3v) is 2.51. The van der Waals surface area contributed by atoms with Crippen LogP contribution in [0.2, 0.25) is 0 Å². The average Bonchev–Trinajstić information content (AvgIpc) is 2.74. The molecule has 0 spiro atoms. The van der Waals surface area contributed by atoms with Crippen molar-refractivity contribution < 1.29 is 9.15 Å². The van der Waals surface area contributed by atoms with Crippen LogP contribution in [0.25, 0.3) is 11.1 Å². The minimum absolute atomic E-state index is 0.0499. The first-order valence-electron chi connectivity index (χ1n) is 5.11. The van der Waals surface area contributed by atoms with Crippen LogP contribution in [0, 0.1) is 0 Å². The number of hydrogen-bond donors (Lipinski definition) is 1. The molecule has 2 heterocycles. The van der Waals surface area contributed by atoms with E-state index >= 15 is 0 Å². The summed E-state index contributed by atoms with van der Waals surface area (Å²) >= 11 is 0. The summed E-state index contributed by atoms with van der Waals surface area (Å²) in [5.74, 6) is 0.670. The van der Waals surface area contributed by atoms with Crippen LogP contribution < -0.4 is 5.32 Å². The van der Waals surface area contributed by atoms with Gasteiger partial charge in [-0.25, -0.2) is 4.98 Å². The Morgan fingerprint density at radius 2 is 2.27 bits per heavy atom. The van der Waals surface area contributed by atoms with E-state index in [9.17, 15) is 0 Å². The molecule has 0 saturated carbocycles. The predicted molar refractivity (Wildman–Crippen MR) is 55.6 cm³/mol. The molecule has 2 aromatic rings. The second-order valence-corrected chi connectivity index (χ2v) is 3.58. The average molecular weight is 204 g/mol. The second kappa shape index (κ2) is 3.64. The Kier molecular flexibility index (Phi) is 2.16. The van der Waals surface area contributed by atoms with E-state index in [-0.39, 0.29) is 6.10 Å². The van der Waals surface area contributed by atoms with Crippen molar-refractivity contribution in [2.24, 2.45) is 0 Å². The molecule has 1 N–H and O–H groups in total. The molecular formula is C11H12N2O2. The first-order valence-corrected chi connectivity index (χ1v) is 5.11. The Labute approximate surface area is 87.2 Å². The largest absolute Gasteiger partial charge is 0.438 e. The Morgan fingerprint density at radius 3 is 3.07 bits per heavy atom. The molecule has 0 aliphatic carbocycles. The summed E-state index contributed by atoms with van der Waals surface area (Å²) in [6.07, 6.45) is -0.0499. The van der Waals surface area contributed by atoms with E-state index in [1.165, 1.54) is 0 Å². The van der Waals surface area contributed by atoms with E-state index in [1.807, 2.05) is 24.3 Å². The van der Waals surface area contributed by atoms with Gasteiger partial charge in [0.2, 0.25) is 5.89 Å². The molecule has 4 nitrogen and oxygen atoms in total. The number of nitrogens with one attached hydrogen (secondary N) is 1. The summed E-state index contributed by atoms with van der Waals surface area (Å²) in [5.41, 5.74) is 1.71. The van der Waals surface area contributed by atoms with Crippen molar-refractivity contribution in [1.29, 1.82) is 0 Å². The molecule has 1 aromatic heterocycles. The molecule has 3 rings (SSSR count). The molecule has 1 unspecified atom stereocenters. The number of fused-ring (bicyclic) bond motifs is 1. The lowest BCUT2D eigenvalue weighted by Crippen LogP contribution is -2.33. The summed E-state index contributed by atoms with van der Waals surface area (Å²) in [4.78, 5) is 4.40. The molecule has 1 aliphatic rings. The predicted octanol–water partition coefficient (Wildman–Crippen LogP) is 1.49. The van der Waals surface area contributed by atoms with Crippen LogP contribution in [-0.4, -0.2) is 24.7 Å². The standard InChI is InChI=1S/C11H12N2O2/c1-2-4-9-8(3-1)13-11(15-9)10-7-12-5-6-14-10/h1-4,10,12H,5-7H2. The van der Waals surface area contributed by atoms with Gasteiger partial charge in [0.25, 0.3) is 0 Å². The Morgan fingerprint density at radius 1 is 1.33 bits per heavy atom. The molecule has 1 atom stereocenters. The Bertz CT molecular complexity index is 427. The number of ether oxygens (including phenoxy) is 1. The monoisotopic (exact) mass is 204 g/mol. The molecule has 4 heteroatoms. The zero-order chi connectivity index (χ0) is 10.1. The second-order valence-electron chi connectivity index (χ2n) is 3.58. The minimum atomic E-state index is -0.0499. The number of aromatic nitrogens is 1. The van der Waals surface area contributed by atoms with E-state index in [1.54, 1.807) is 0 Å². The molecule has 0 bridgehead atoms. The van der Waals surface area contributed by atoms with Crippen LogP contribution in [0.1, 0.15) is 12.0 Å². The zero-order valence-electron chi connectivity index (χ0n) is 8.27. The van der Waals surface area contributed by atoms with Gasteiger partial charge in [0.05, 0.1) is 6.61 Å². The van der Waals surface area contributed by atoms with Crippen molar-refractivity contribution in [3.05, 3.63) is 30.2 Å². The van der Waals surface area contributed by atoms with Gasteiger partial charge in [0, 0.05) is 13.1 Å². The molecular weight excluding hydrogens is 192 g/mol. The molecule has 0 amide bonds. The van der Waals surface area contributed by atoms with Crippen LogP contribution in [-0.2, 0) is 4.74 Å². The fraction of sp³-hybridized carbons (Fsp3) is 0.364. The topological polar surface area (TPSA) is 47.3 Å². The number of nitrogens with zero attached hydrogens (tertiary/aromatic N) is 1. The van der Waals surface area contributed by atoms with Gasteiger partial charge in [-0.2, -0.15) is 0 Å². The highest BCUT2D eigenvalue weighted by atomic mass is 16.5. The van der Waals surface area contributed by atoms with Crippen molar-refractivity contribution in [2.75, 3.05) is 19.7 Å². The Hall–Kier alpha value is -1.39. The highest BCUT2D eigenvalue weighted by molar-refractivity contribution is 5.72. The van der Waals surface area contributed by atoms with Crippen molar-refractivity contribution >= 4 is 11.1 Å². The van der Waals surface area contributed by atoms with E-state index < -0.39 is 0 Å². The van der Waals surface area contributed by atoms with Gasteiger partial charge in [-0.15, -0.1) is 0 Å². The highest BCUT2D eigenvalue weighted by Gasteiger charge is 2.20. The van der Waals surface area contributed by atoms with E-state index in [4.69, 9.17) is 9.15 Å². The maximum Gasteiger partial charge on any atom is 0.225 e. The maximum atomic E-state index is 5.63. The summed E-state index contributed by atoms with van der Waals surface area (Å²) in [7, 11) is 0. The Balaban J connectivity index is 1.96. The molecule has 78 valence electrons. The first kappa shape index (κ1) is 8.88. The van der Waals surface area contributed by atoms with Gasteiger partial charge in [-0.1, -0.05) is 12.1 Å². The van der Waals surface area contributed by atoms with Gasteiger partial charge in [-0.05, 0) is 12.1 Å². The third kappa shape index (κ3) is 1.62. The first-order chi connectivity index (χ1) is 7.43. The van der Waals surface area contributed by atoms with Crippen molar-refractivity contribution in [3.63, 3.8) is 0 Å². The van der Waals surface area contributed by atoms with Crippen LogP contribution in [0.15, 0.2) is 28.7 Å². The van der Waals surface area contributed by atoms with Crippen LogP contribution in [0.5, 0.6) is 0 Å². The maximum absolute atomic E-state index is 5.63. The number of hydrogen-bond acceptors (Lipinski definition) is 4. The lowest BCUT2D eigenvalue weighted by atomic mass is 10.3. The summed E-state index contributed by atoms with van der Waals surface area (Å²) in [5, 5.41) is 3.25. The van der Waals surface area contributed by atoms with Crippen molar-refractivity contribution in [3.8, 4) is 0 Å². The SMILES string of the molecule is c1ccc2oc(C3CNCCO3)nc2c1. The molecule has 1 fully saturated rings. The van der Waals surface area contributed by atoms with Crippen molar-refractivity contribution in [2.45, 2.75) is 6.10 Å². The quantitative estimate of drug-likeness (QED) is 0.764. The van der Waals surface area contributed by atoms with Gasteiger partial charge >= 0.3 is 0 Å². The lowest BCUT2D eigenvalue weighted by molar-refractivity contribution is 0.0118. The molecule has 1 aromatic carbocycles. The van der Waals surface area contributed by atoms with Crippen molar-refractivity contribution in [1.82, 2.24) is 10.3 Å². The number of oxazole rings is 1. The van der Waals surface area contributed by atoms with Crippen LogP contribution in [0.3, 0.4) is 0 Å². The van der Waals surface area contributed by atoms with E-state index in [0.29, 0.717) is 12.5 Å².